The van der Waals surface area contributed by atoms with Crippen LogP contribution in [-0.2, 0) is 16.0 Å². The van der Waals surface area contributed by atoms with Crippen LogP contribution in [0.15, 0.2) is 17.5 Å². The van der Waals surface area contributed by atoms with E-state index in [9.17, 15) is 4.79 Å². The van der Waals surface area contributed by atoms with E-state index in [1.165, 1.54) is 4.88 Å². The van der Waals surface area contributed by atoms with Crippen molar-refractivity contribution in [3.05, 3.63) is 22.4 Å². The van der Waals surface area contributed by atoms with Gasteiger partial charge < -0.3 is 9.64 Å². The summed E-state index contributed by atoms with van der Waals surface area (Å²) in [6.45, 7) is 4.07. The molecule has 2 heterocycles. The number of thiophene rings is 1. The van der Waals surface area contributed by atoms with Gasteiger partial charge in [0.2, 0.25) is 5.91 Å². The molecule has 1 fully saturated rings. The number of hydrogen-bond donors (Lipinski definition) is 0. The van der Waals surface area contributed by atoms with Crippen LogP contribution >= 0.6 is 11.3 Å². The molecular formula is C13H19NO2S. The van der Waals surface area contributed by atoms with Gasteiger partial charge in [0.1, 0.15) is 0 Å². The molecule has 1 amide bonds. The van der Waals surface area contributed by atoms with Gasteiger partial charge in [0, 0.05) is 37.6 Å². The molecule has 17 heavy (non-hydrogen) atoms. The van der Waals surface area contributed by atoms with Gasteiger partial charge >= 0.3 is 0 Å². The van der Waals surface area contributed by atoms with Crippen molar-refractivity contribution in [2.24, 2.45) is 0 Å². The van der Waals surface area contributed by atoms with Gasteiger partial charge in [-0.2, -0.15) is 0 Å². The van der Waals surface area contributed by atoms with E-state index in [1.54, 1.807) is 18.3 Å². The Morgan fingerprint density at radius 1 is 1.53 bits per heavy atom. The molecule has 4 heteroatoms. The minimum Gasteiger partial charge on any atom is -0.381 e. The fourth-order valence-corrected chi connectivity index (χ4v) is 2.98. The first kappa shape index (κ1) is 12.6. The topological polar surface area (TPSA) is 29.5 Å². The molecule has 0 saturated carbocycles. The Morgan fingerprint density at radius 2 is 2.29 bits per heavy atom. The number of hydrogen-bond acceptors (Lipinski definition) is 3. The number of rotatable bonds is 4. The second-order valence-corrected chi connectivity index (χ2v) is 5.42. The summed E-state index contributed by atoms with van der Waals surface area (Å²) in [4.78, 5) is 15.1. The van der Waals surface area contributed by atoms with Gasteiger partial charge in [0.25, 0.3) is 0 Å². The second kappa shape index (κ2) is 6.17. The molecule has 0 atom stereocenters. The van der Waals surface area contributed by atoms with Crippen LogP contribution in [0.5, 0.6) is 0 Å². The van der Waals surface area contributed by atoms with Crippen molar-refractivity contribution in [2.45, 2.75) is 32.2 Å². The SMILES string of the molecule is CC(=O)N(CCc1cccs1)C1CCOCC1. The fraction of sp³-hybridized carbons (Fsp3) is 0.615. The first-order valence-electron chi connectivity index (χ1n) is 6.14. The highest BCUT2D eigenvalue weighted by Gasteiger charge is 2.23. The number of amides is 1. The van der Waals surface area contributed by atoms with Crippen molar-refractivity contribution in [3.63, 3.8) is 0 Å². The Hall–Kier alpha value is -0.870. The summed E-state index contributed by atoms with van der Waals surface area (Å²) >= 11 is 1.76. The smallest absolute Gasteiger partial charge is 0.219 e. The van der Waals surface area contributed by atoms with Gasteiger partial charge in [-0.05, 0) is 30.7 Å². The van der Waals surface area contributed by atoms with Gasteiger partial charge in [-0.1, -0.05) is 6.07 Å². The van der Waals surface area contributed by atoms with Crippen LogP contribution in [0.1, 0.15) is 24.6 Å². The van der Waals surface area contributed by atoms with Crippen LogP contribution < -0.4 is 0 Å². The van der Waals surface area contributed by atoms with E-state index in [-0.39, 0.29) is 5.91 Å². The Morgan fingerprint density at radius 3 is 2.88 bits per heavy atom. The third-order valence-electron chi connectivity index (χ3n) is 3.22. The van der Waals surface area contributed by atoms with Gasteiger partial charge in [0.15, 0.2) is 0 Å². The normalized spacial score (nSPS) is 17.0. The Kier molecular flexibility index (Phi) is 4.57. The minimum atomic E-state index is 0.188. The molecule has 0 aliphatic carbocycles. The summed E-state index contributed by atoms with van der Waals surface area (Å²) in [7, 11) is 0. The van der Waals surface area contributed by atoms with Crippen molar-refractivity contribution >= 4 is 17.2 Å². The molecule has 0 N–H and O–H groups in total. The van der Waals surface area contributed by atoms with Crippen LogP contribution in [0, 0.1) is 0 Å². The van der Waals surface area contributed by atoms with Crippen LogP contribution in [0.2, 0.25) is 0 Å². The van der Waals surface area contributed by atoms with Gasteiger partial charge in [-0.3, -0.25) is 4.79 Å². The van der Waals surface area contributed by atoms with Crippen molar-refractivity contribution in [1.29, 1.82) is 0 Å². The lowest BCUT2D eigenvalue weighted by molar-refractivity contribution is -0.132. The van der Waals surface area contributed by atoms with E-state index >= 15 is 0 Å². The highest BCUT2D eigenvalue weighted by Crippen LogP contribution is 2.17. The van der Waals surface area contributed by atoms with E-state index in [4.69, 9.17) is 4.74 Å². The lowest BCUT2D eigenvalue weighted by Crippen LogP contribution is -2.43. The molecular weight excluding hydrogens is 234 g/mol. The van der Waals surface area contributed by atoms with Gasteiger partial charge in [0.05, 0.1) is 0 Å². The third kappa shape index (κ3) is 3.54. The van der Waals surface area contributed by atoms with E-state index < -0.39 is 0 Å². The molecule has 1 aromatic rings. The lowest BCUT2D eigenvalue weighted by Gasteiger charge is -2.33. The molecule has 3 nitrogen and oxygen atoms in total. The molecule has 0 aromatic carbocycles. The molecule has 1 saturated heterocycles. The molecule has 2 rings (SSSR count). The van der Waals surface area contributed by atoms with Crippen LogP contribution in [0.4, 0.5) is 0 Å². The second-order valence-electron chi connectivity index (χ2n) is 4.39. The average Bonchev–Trinajstić information content (AvgIpc) is 2.83. The lowest BCUT2D eigenvalue weighted by atomic mass is 10.1. The van der Waals surface area contributed by atoms with Crippen molar-refractivity contribution in [1.82, 2.24) is 4.90 Å². The number of carbonyl (C=O) groups is 1. The third-order valence-corrected chi connectivity index (χ3v) is 4.15. The first-order chi connectivity index (χ1) is 8.27. The maximum absolute atomic E-state index is 11.7. The molecule has 0 radical (unpaired) electrons. The van der Waals surface area contributed by atoms with Gasteiger partial charge in [-0.25, -0.2) is 0 Å². The van der Waals surface area contributed by atoms with Gasteiger partial charge in [-0.15, -0.1) is 11.3 Å². The van der Waals surface area contributed by atoms with Crippen LogP contribution in [-0.4, -0.2) is 36.6 Å². The maximum atomic E-state index is 11.7. The minimum absolute atomic E-state index is 0.188. The summed E-state index contributed by atoms with van der Waals surface area (Å²) in [6, 6.07) is 4.57. The predicted molar refractivity (Wildman–Crippen MR) is 69.3 cm³/mol. The van der Waals surface area contributed by atoms with Crippen molar-refractivity contribution < 1.29 is 9.53 Å². The van der Waals surface area contributed by atoms with E-state index in [0.29, 0.717) is 6.04 Å². The van der Waals surface area contributed by atoms with Crippen molar-refractivity contribution in [2.75, 3.05) is 19.8 Å². The highest BCUT2D eigenvalue weighted by molar-refractivity contribution is 7.09. The number of carbonyl (C=O) groups excluding carboxylic acids is 1. The van der Waals surface area contributed by atoms with E-state index in [1.807, 2.05) is 4.90 Å². The van der Waals surface area contributed by atoms with Crippen molar-refractivity contribution in [3.8, 4) is 0 Å². The summed E-state index contributed by atoms with van der Waals surface area (Å²) in [5, 5.41) is 2.09. The summed E-state index contributed by atoms with van der Waals surface area (Å²) in [5.74, 6) is 0.188. The monoisotopic (exact) mass is 253 g/mol. The zero-order valence-corrected chi connectivity index (χ0v) is 11.0. The van der Waals surface area contributed by atoms with Crippen LogP contribution in [0.25, 0.3) is 0 Å². The van der Waals surface area contributed by atoms with E-state index in [0.717, 1.165) is 39.0 Å². The standard InChI is InChI=1S/C13H19NO2S/c1-11(15)14(12-5-8-16-9-6-12)7-4-13-3-2-10-17-13/h2-3,10,12H,4-9H2,1H3. The summed E-state index contributed by atoms with van der Waals surface area (Å²) in [5.41, 5.74) is 0. The molecule has 0 unspecified atom stereocenters. The largest absolute Gasteiger partial charge is 0.381 e. The zero-order chi connectivity index (χ0) is 12.1. The Bertz CT molecular complexity index is 344. The Balaban J connectivity index is 1.90. The number of nitrogens with zero attached hydrogens (tertiary/aromatic N) is 1. The number of ether oxygens (including phenoxy) is 1. The predicted octanol–water partition coefficient (Wildman–Crippen LogP) is 2.32. The highest BCUT2D eigenvalue weighted by atomic mass is 32.1. The summed E-state index contributed by atoms with van der Waals surface area (Å²) < 4.78 is 5.34. The summed E-state index contributed by atoms with van der Waals surface area (Å²) in [6.07, 6.45) is 2.92. The molecule has 94 valence electrons. The molecule has 1 aliphatic heterocycles. The first-order valence-corrected chi connectivity index (χ1v) is 7.02. The fourth-order valence-electron chi connectivity index (χ4n) is 2.28. The molecule has 0 bridgehead atoms. The molecule has 1 aromatic heterocycles. The maximum Gasteiger partial charge on any atom is 0.219 e. The van der Waals surface area contributed by atoms with E-state index in [2.05, 4.69) is 17.5 Å². The van der Waals surface area contributed by atoms with Crippen LogP contribution in [0.3, 0.4) is 0 Å². The average molecular weight is 253 g/mol. The zero-order valence-electron chi connectivity index (χ0n) is 10.2. The Labute approximate surface area is 106 Å². The molecule has 0 spiro atoms. The molecule has 1 aliphatic rings. The quantitative estimate of drug-likeness (QED) is 0.824.